The van der Waals surface area contributed by atoms with E-state index in [1.54, 1.807) is 6.07 Å². The highest BCUT2D eigenvalue weighted by Gasteiger charge is 2.32. The summed E-state index contributed by atoms with van der Waals surface area (Å²) < 4.78 is 19.0. The molecule has 106 valence electrons. The molecule has 3 N–H and O–H groups in total. The Kier molecular flexibility index (Phi) is 4.14. The molecule has 1 aliphatic heterocycles. The third-order valence-electron chi connectivity index (χ3n) is 3.76. The predicted molar refractivity (Wildman–Crippen MR) is 74.0 cm³/mol. The van der Waals surface area contributed by atoms with Crippen LogP contribution in [0.25, 0.3) is 0 Å². The first kappa shape index (κ1) is 13.9. The first-order valence-corrected chi connectivity index (χ1v) is 6.67. The lowest BCUT2D eigenvalue weighted by Crippen LogP contribution is -2.35. The summed E-state index contributed by atoms with van der Waals surface area (Å²) >= 11 is 0. The maximum Gasteiger partial charge on any atom is 0.167 e. The molecule has 0 aliphatic carbocycles. The van der Waals surface area contributed by atoms with E-state index < -0.39 is 5.82 Å². The summed E-state index contributed by atoms with van der Waals surface area (Å²) in [4.78, 5) is 2.04. The van der Waals surface area contributed by atoms with Gasteiger partial charge in [0.2, 0.25) is 0 Å². The van der Waals surface area contributed by atoms with E-state index in [0.717, 1.165) is 18.7 Å². The van der Waals surface area contributed by atoms with E-state index in [9.17, 15) is 9.50 Å². The molecule has 1 fully saturated rings. The fourth-order valence-corrected chi connectivity index (χ4v) is 2.66. The fourth-order valence-electron chi connectivity index (χ4n) is 2.66. The predicted octanol–water partition coefficient (Wildman–Crippen LogP) is 2.01. The Balaban J connectivity index is 2.36. The molecule has 0 radical (unpaired) electrons. The Morgan fingerprint density at radius 1 is 1.53 bits per heavy atom. The van der Waals surface area contributed by atoms with Gasteiger partial charge >= 0.3 is 0 Å². The van der Waals surface area contributed by atoms with Gasteiger partial charge in [-0.2, -0.15) is 0 Å². The molecule has 1 aromatic carbocycles. The Labute approximate surface area is 113 Å². The standard InChI is InChI=1S/C14H21FN2O2/c1-3-19-14-7-12(11(16)6-10(14)15)17-5-4-9(2)13(17)8-18/h6-7,9,13,18H,3-5,8,16H2,1-2H3. The van der Waals surface area contributed by atoms with Crippen molar-refractivity contribution in [1.29, 1.82) is 0 Å². The lowest BCUT2D eigenvalue weighted by atomic mass is 10.0. The van der Waals surface area contributed by atoms with Crippen molar-refractivity contribution in [3.63, 3.8) is 0 Å². The number of aliphatic hydroxyl groups is 1. The van der Waals surface area contributed by atoms with Gasteiger partial charge in [0.05, 0.1) is 30.6 Å². The van der Waals surface area contributed by atoms with Gasteiger partial charge in [-0.05, 0) is 19.3 Å². The van der Waals surface area contributed by atoms with Crippen LogP contribution in [0.5, 0.6) is 5.75 Å². The van der Waals surface area contributed by atoms with Gasteiger partial charge in [-0.15, -0.1) is 0 Å². The largest absolute Gasteiger partial charge is 0.491 e. The van der Waals surface area contributed by atoms with Crippen LogP contribution in [0.15, 0.2) is 12.1 Å². The first-order chi connectivity index (χ1) is 9.08. The molecule has 2 rings (SSSR count). The van der Waals surface area contributed by atoms with Gasteiger partial charge in [-0.3, -0.25) is 0 Å². The summed E-state index contributed by atoms with van der Waals surface area (Å²) in [5.41, 5.74) is 7.04. The maximum atomic E-state index is 13.7. The quantitative estimate of drug-likeness (QED) is 0.820. The molecular formula is C14H21FN2O2. The summed E-state index contributed by atoms with van der Waals surface area (Å²) in [6.07, 6.45) is 0.992. The molecular weight excluding hydrogens is 247 g/mol. The van der Waals surface area contributed by atoms with Gasteiger partial charge in [-0.25, -0.2) is 4.39 Å². The minimum absolute atomic E-state index is 0.0298. The number of hydrogen-bond acceptors (Lipinski definition) is 4. The number of nitrogens with zero attached hydrogens (tertiary/aromatic N) is 1. The summed E-state index contributed by atoms with van der Waals surface area (Å²) in [6.45, 7) is 5.20. The molecule has 1 aromatic rings. The molecule has 1 aliphatic rings. The van der Waals surface area contributed by atoms with Crippen molar-refractivity contribution >= 4 is 11.4 Å². The number of hydrogen-bond donors (Lipinski definition) is 2. The Morgan fingerprint density at radius 2 is 2.26 bits per heavy atom. The zero-order chi connectivity index (χ0) is 14.0. The van der Waals surface area contributed by atoms with Gasteiger partial charge in [0.1, 0.15) is 0 Å². The molecule has 5 heteroatoms. The number of halogens is 1. The second kappa shape index (κ2) is 5.65. The van der Waals surface area contributed by atoms with Crippen LogP contribution >= 0.6 is 0 Å². The number of anilines is 2. The molecule has 19 heavy (non-hydrogen) atoms. The molecule has 4 nitrogen and oxygen atoms in total. The number of nitrogen functional groups attached to an aromatic ring is 1. The summed E-state index contributed by atoms with van der Waals surface area (Å²) in [6, 6.07) is 2.95. The minimum Gasteiger partial charge on any atom is -0.491 e. The van der Waals surface area contributed by atoms with Crippen molar-refractivity contribution in [3.05, 3.63) is 17.9 Å². The molecule has 2 unspecified atom stereocenters. The van der Waals surface area contributed by atoms with E-state index in [-0.39, 0.29) is 18.4 Å². The van der Waals surface area contributed by atoms with Gasteiger partial charge in [0.25, 0.3) is 0 Å². The Bertz CT molecular complexity index is 453. The van der Waals surface area contributed by atoms with E-state index in [2.05, 4.69) is 6.92 Å². The van der Waals surface area contributed by atoms with Crippen LogP contribution in [0.1, 0.15) is 20.3 Å². The van der Waals surface area contributed by atoms with E-state index in [4.69, 9.17) is 10.5 Å². The zero-order valence-electron chi connectivity index (χ0n) is 11.4. The number of aliphatic hydroxyl groups excluding tert-OH is 1. The van der Waals surface area contributed by atoms with Crippen LogP contribution < -0.4 is 15.4 Å². The van der Waals surface area contributed by atoms with Crippen LogP contribution in [0, 0.1) is 11.7 Å². The van der Waals surface area contributed by atoms with Crippen molar-refractivity contribution in [1.82, 2.24) is 0 Å². The van der Waals surface area contributed by atoms with Crippen molar-refractivity contribution in [2.24, 2.45) is 5.92 Å². The number of nitrogens with two attached hydrogens (primary N) is 1. The van der Waals surface area contributed by atoms with Crippen molar-refractivity contribution in [3.8, 4) is 5.75 Å². The van der Waals surface area contributed by atoms with Crippen LogP contribution in [-0.4, -0.2) is 30.9 Å². The second-order valence-corrected chi connectivity index (χ2v) is 4.98. The highest BCUT2D eigenvalue weighted by Crippen LogP contribution is 2.36. The summed E-state index contributed by atoms with van der Waals surface area (Å²) in [5.74, 6) is 0.156. The fraction of sp³-hybridized carbons (Fsp3) is 0.571. The molecule has 0 bridgehead atoms. The summed E-state index contributed by atoms with van der Waals surface area (Å²) in [5, 5.41) is 9.50. The zero-order valence-corrected chi connectivity index (χ0v) is 11.4. The maximum absolute atomic E-state index is 13.7. The van der Waals surface area contributed by atoms with Gasteiger partial charge in [0.15, 0.2) is 11.6 Å². The minimum atomic E-state index is -0.448. The third kappa shape index (κ3) is 2.61. The molecule has 0 saturated carbocycles. The van der Waals surface area contributed by atoms with Crippen molar-refractivity contribution < 1.29 is 14.2 Å². The Morgan fingerprint density at radius 3 is 2.89 bits per heavy atom. The monoisotopic (exact) mass is 268 g/mol. The van der Waals surface area contributed by atoms with Crippen molar-refractivity contribution in [2.75, 3.05) is 30.4 Å². The Hall–Kier alpha value is -1.49. The van der Waals surface area contributed by atoms with Crippen LogP contribution in [-0.2, 0) is 0 Å². The third-order valence-corrected chi connectivity index (χ3v) is 3.76. The smallest absolute Gasteiger partial charge is 0.167 e. The highest BCUT2D eigenvalue weighted by molar-refractivity contribution is 5.71. The average molecular weight is 268 g/mol. The second-order valence-electron chi connectivity index (χ2n) is 4.98. The SMILES string of the molecule is CCOc1cc(N2CCC(C)C2CO)c(N)cc1F. The topological polar surface area (TPSA) is 58.7 Å². The van der Waals surface area contributed by atoms with Crippen LogP contribution in [0.2, 0.25) is 0 Å². The molecule has 0 aromatic heterocycles. The van der Waals surface area contributed by atoms with E-state index >= 15 is 0 Å². The van der Waals surface area contributed by atoms with Gasteiger partial charge < -0.3 is 20.5 Å². The molecule has 1 saturated heterocycles. The van der Waals surface area contributed by atoms with E-state index in [0.29, 0.717) is 18.2 Å². The first-order valence-electron chi connectivity index (χ1n) is 6.67. The lowest BCUT2D eigenvalue weighted by Gasteiger charge is -2.28. The number of rotatable bonds is 4. The van der Waals surface area contributed by atoms with Crippen LogP contribution in [0.4, 0.5) is 15.8 Å². The van der Waals surface area contributed by atoms with Crippen LogP contribution in [0.3, 0.4) is 0 Å². The molecule has 2 atom stereocenters. The normalized spacial score (nSPS) is 22.8. The van der Waals surface area contributed by atoms with Gasteiger partial charge in [0, 0.05) is 18.7 Å². The average Bonchev–Trinajstić information content (AvgIpc) is 2.74. The van der Waals surface area contributed by atoms with E-state index in [1.807, 2.05) is 11.8 Å². The van der Waals surface area contributed by atoms with E-state index in [1.165, 1.54) is 6.07 Å². The highest BCUT2D eigenvalue weighted by atomic mass is 19.1. The number of benzene rings is 1. The lowest BCUT2D eigenvalue weighted by molar-refractivity contribution is 0.244. The molecule has 0 amide bonds. The molecule has 1 heterocycles. The van der Waals surface area contributed by atoms with Gasteiger partial charge in [-0.1, -0.05) is 6.92 Å². The summed E-state index contributed by atoms with van der Waals surface area (Å²) in [7, 11) is 0. The van der Waals surface area contributed by atoms with Crippen molar-refractivity contribution in [2.45, 2.75) is 26.3 Å². The number of ether oxygens (including phenoxy) is 1. The molecule has 0 spiro atoms.